The molecule has 0 saturated carbocycles. The van der Waals surface area contributed by atoms with Crippen molar-refractivity contribution in [3.63, 3.8) is 0 Å². The van der Waals surface area contributed by atoms with Gasteiger partial charge in [0.25, 0.3) is 0 Å². The van der Waals surface area contributed by atoms with E-state index in [9.17, 15) is 0 Å². The SMILES string of the molecule is CCNc1c2c(nc3c(Cl)cc(Cl)cc13)CCCCC2. The number of rotatable bonds is 2. The fourth-order valence-corrected chi connectivity index (χ4v) is 3.54. The quantitative estimate of drug-likeness (QED) is 0.767. The van der Waals surface area contributed by atoms with Gasteiger partial charge in [-0.1, -0.05) is 29.6 Å². The molecule has 0 aliphatic heterocycles. The van der Waals surface area contributed by atoms with Crippen LogP contribution < -0.4 is 5.32 Å². The van der Waals surface area contributed by atoms with Gasteiger partial charge in [-0.25, -0.2) is 0 Å². The Labute approximate surface area is 129 Å². The van der Waals surface area contributed by atoms with E-state index in [-0.39, 0.29) is 0 Å². The zero-order valence-electron chi connectivity index (χ0n) is 11.6. The summed E-state index contributed by atoms with van der Waals surface area (Å²) >= 11 is 12.5. The Bertz CT molecular complexity index is 653. The number of aromatic nitrogens is 1. The lowest BCUT2D eigenvalue weighted by atomic mass is 10.0. The van der Waals surface area contributed by atoms with Gasteiger partial charge < -0.3 is 5.32 Å². The van der Waals surface area contributed by atoms with Crippen LogP contribution >= 0.6 is 23.2 Å². The Balaban J connectivity index is 2.33. The summed E-state index contributed by atoms with van der Waals surface area (Å²) in [6, 6.07) is 3.75. The standard InChI is InChI=1S/C16H18Cl2N2/c1-2-19-15-11-6-4-3-5-7-14(11)20-16-12(15)8-10(17)9-13(16)18/h8-9H,2-7H2,1H3,(H,19,20). The van der Waals surface area contributed by atoms with Crippen LogP contribution in [0, 0.1) is 0 Å². The Morgan fingerprint density at radius 2 is 1.95 bits per heavy atom. The van der Waals surface area contributed by atoms with Crippen LogP contribution in [-0.4, -0.2) is 11.5 Å². The van der Waals surface area contributed by atoms with Crippen molar-refractivity contribution in [3.8, 4) is 0 Å². The fraction of sp³-hybridized carbons (Fsp3) is 0.438. The van der Waals surface area contributed by atoms with Crippen LogP contribution in [0.25, 0.3) is 10.9 Å². The zero-order valence-corrected chi connectivity index (χ0v) is 13.1. The second kappa shape index (κ2) is 5.79. The lowest BCUT2D eigenvalue weighted by molar-refractivity contribution is 0.709. The monoisotopic (exact) mass is 308 g/mol. The summed E-state index contributed by atoms with van der Waals surface area (Å²) in [6.07, 6.45) is 5.84. The molecule has 0 amide bonds. The van der Waals surface area contributed by atoms with Gasteiger partial charge in [-0.2, -0.15) is 0 Å². The number of benzene rings is 1. The second-order valence-electron chi connectivity index (χ2n) is 5.29. The van der Waals surface area contributed by atoms with E-state index in [1.807, 2.05) is 6.07 Å². The molecular weight excluding hydrogens is 291 g/mol. The second-order valence-corrected chi connectivity index (χ2v) is 6.13. The minimum absolute atomic E-state index is 0.638. The van der Waals surface area contributed by atoms with Gasteiger partial charge in [0, 0.05) is 28.3 Å². The number of nitrogens with zero attached hydrogens (tertiary/aromatic N) is 1. The van der Waals surface area contributed by atoms with E-state index < -0.39 is 0 Å². The molecule has 1 aliphatic rings. The van der Waals surface area contributed by atoms with Gasteiger partial charge >= 0.3 is 0 Å². The van der Waals surface area contributed by atoms with Gasteiger partial charge in [-0.05, 0) is 50.3 Å². The topological polar surface area (TPSA) is 24.9 Å². The van der Waals surface area contributed by atoms with Gasteiger partial charge in [0.05, 0.1) is 10.5 Å². The lowest BCUT2D eigenvalue weighted by Gasteiger charge is -2.17. The molecule has 3 rings (SSSR count). The van der Waals surface area contributed by atoms with Crippen molar-refractivity contribution in [2.24, 2.45) is 0 Å². The van der Waals surface area contributed by atoms with E-state index in [0.717, 1.165) is 30.3 Å². The van der Waals surface area contributed by atoms with Crippen molar-refractivity contribution < 1.29 is 0 Å². The molecular formula is C16H18Cl2N2. The molecule has 0 bridgehead atoms. The van der Waals surface area contributed by atoms with Gasteiger partial charge in [-0.15, -0.1) is 0 Å². The van der Waals surface area contributed by atoms with Crippen LogP contribution in [0.1, 0.15) is 37.4 Å². The van der Waals surface area contributed by atoms with E-state index >= 15 is 0 Å². The fourth-order valence-electron chi connectivity index (χ4n) is 3.01. The summed E-state index contributed by atoms with van der Waals surface area (Å²) in [5.74, 6) is 0. The average molecular weight is 309 g/mol. The molecule has 1 heterocycles. The molecule has 0 saturated heterocycles. The van der Waals surface area contributed by atoms with Crippen molar-refractivity contribution >= 4 is 39.8 Å². The van der Waals surface area contributed by atoms with Crippen LogP contribution in [0.3, 0.4) is 0 Å². The highest BCUT2D eigenvalue weighted by Gasteiger charge is 2.18. The third-order valence-corrected chi connectivity index (χ3v) is 4.39. The smallest absolute Gasteiger partial charge is 0.0913 e. The van der Waals surface area contributed by atoms with Crippen molar-refractivity contribution in [2.75, 3.05) is 11.9 Å². The van der Waals surface area contributed by atoms with Crippen LogP contribution in [-0.2, 0) is 12.8 Å². The van der Waals surface area contributed by atoms with Crippen molar-refractivity contribution in [1.82, 2.24) is 4.98 Å². The highest BCUT2D eigenvalue weighted by atomic mass is 35.5. The maximum Gasteiger partial charge on any atom is 0.0913 e. The van der Waals surface area contributed by atoms with Crippen LogP contribution in [0.15, 0.2) is 12.1 Å². The Morgan fingerprint density at radius 1 is 1.15 bits per heavy atom. The van der Waals surface area contributed by atoms with Gasteiger partial charge in [-0.3, -0.25) is 4.98 Å². The highest BCUT2D eigenvalue weighted by molar-refractivity contribution is 6.38. The summed E-state index contributed by atoms with van der Waals surface area (Å²) in [4.78, 5) is 4.83. The van der Waals surface area contributed by atoms with E-state index in [4.69, 9.17) is 28.2 Å². The number of hydrogen-bond acceptors (Lipinski definition) is 2. The van der Waals surface area contributed by atoms with Crippen molar-refractivity contribution in [3.05, 3.63) is 33.4 Å². The number of hydrogen-bond donors (Lipinski definition) is 1. The predicted octanol–water partition coefficient (Wildman–Crippen LogP) is 5.24. The maximum absolute atomic E-state index is 6.34. The summed E-state index contributed by atoms with van der Waals surface area (Å²) in [7, 11) is 0. The molecule has 2 aromatic rings. The first-order valence-electron chi connectivity index (χ1n) is 7.25. The molecule has 20 heavy (non-hydrogen) atoms. The van der Waals surface area contributed by atoms with Crippen LogP contribution in [0.4, 0.5) is 5.69 Å². The molecule has 4 heteroatoms. The maximum atomic E-state index is 6.34. The van der Waals surface area contributed by atoms with E-state index in [2.05, 4.69) is 12.2 Å². The first kappa shape index (κ1) is 14.0. The molecule has 1 aliphatic carbocycles. The summed E-state index contributed by atoms with van der Waals surface area (Å²) in [5.41, 5.74) is 4.61. The van der Waals surface area contributed by atoms with E-state index in [0.29, 0.717) is 10.0 Å². The molecule has 106 valence electrons. The van der Waals surface area contributed by atoms with Crippen LogP contribution in [0.2, 0.25) is 10.0 Å². The summed E-state index contributed by atoms with van der Waals surface area (Å²) in [6.45, 7) is 3.00. The highest BCUT2D eigenvalue weighted by Crippen LogP contribution is 2.37. The zero-order chi connectivity index (χ0) is 14.1. The third-order valence-electron chi connectivity index (χ3n) is 3.89. The van der Waals surface area contributed by atoms with Crippen LogP contribution in [0.5, 0.6) is 0 Å². The van der Waals surface area contributed by atoms with Crippen molar-refractivity contribution in [1.29, 1.82) is 0 Å². The molecule has 2 nitrogen and oxygen atoms in total. The Kier molecular flexibility index (Phi) is 4.04. The lowest BCUT2D eigenvalue weighted by Crippen LogP contribution is -2.06. The summed E-state index contributed by atoms with van der Waals surface area (Å²) < 4.78 is 0. The number of nitrogens with one attached hydrogen (secondary N) is 1. The third kappa shape index (κ3) is 2.47. The number of halogens is 2. The minimum atomic E-state index is 0.638. The predicted molar refractivity (Wildman–Crippen MR) is 87.2 cm³/mol. The number of aryl methyl sites for hydroxylation is 1. The number of anilines is 1. The first-order chi connectivity index (χ1) is 9.70. The van der Waals surface area contributed by atoms with E-state index in [1.54, 1.807) is 6.07 Å². The molecule has 0 fully saturated rings. The largest absolute Gasteiger partial charge is 0.384 e. The summed E-state index contributed by atoms with van der Waals surface area (Å²) in [5, 5.41) is 5.85. The number of pyridine rings is 1. The Hall–Kier alpha value is -0.990. The van der Waals surface area contributed by atoms with Crippen molar-refractivity contribution in [2.45, 2.75) is 39.0 Å². The van der Waals surface area contributed by atoms with Gasteiger partial charge in [0.2, 0.25) is 0 Å². The average Bonchev–Trinajstić information content (AvgIpc) is 2.65. The van der Waals surface area contributed by atoms with E-state index in [1.165, 1.54) is 36.2 Å². The normalized spacial score (nSPS) is 14.9. The number of fused-ring (bicyclic) bond motifs is 2. The molecule has 1 N–H and O–H groups in total. The molecule has 1 aromatic carbocycles. The molecule has 1 aromatic heterocycles. The van der Waals surface area contributed by atoms with Gasteiger partial charge in [0.15, 0.2) is 0 Å². The molecule has 0 atom stereocenters. The molecule has 0 spiro atoms. The van der Waals surface area contributed by atoms with Gasteiger partial charge in [0.1, 0.15) is 0 Å². The molecule has 0 unspecified atom stereocenters. The first-order valence-corrected chi connectivity index (χ1v) is 8.00. The minimum Gasteiger partial charge on any atom is -0.384 e. The molecule has 0 radical (unpaired) electrons. The Morgan fingerprint density at radius 3 is 2.75 bits per heavy atom.